The van der Waals surface area contributed by atoms with E-state index in [1.807, 2.05) is 0 Å². The van der Waals surface area contributed by atoms with Crippen molar-refractivity contribution >= 4 is 151 Å². The van der Waals surface area contributed by atoms with E-state index in [2.05, 4.69) is 431 Å². The number of fused-ring (bicyclic) bond motifs is 12. The molecule has 20 aromatic rings. The molecule has 0 bridgehead atoms. The number of aromatic nitrogens is 4. The van der Waals surface area contributed by atoms with Crippen LogP contribution in [0.3, 0.4) is 0 Å². The first-order valence-corrected chi connectivity index (χ1v) is 45.1. The summed E-state index contributed by atoms with van der Waals surface area (Å²) < 4.78 is 21.2. The summed E-state index contributed by atoms with van der Waals surface area (Å²) in [5.74, 6) is 0. The zero-order valence-corrected chi connectivity index (χ0v) is 61.0. The molecule has 0 aliphatic rings. The van der Waals surface area contributed by atoms with Crippen LogP contribution in [0.4, 0.5) is 0 Å². The molecule has 0 N–H and O–H groups in total. The minimum atomic E-state index is -3.70. The van der Waals surface area contributed by atoms with Crippen LogP contribution in [0.5, 0.6) is 0 Å². The predicted octanol–water partition coefficient (Wildman–Crippen LogP) is 18.5. The molecule has 4 heterocycles. The second-order valence-electron chi connectivity index (χ2n) is 26.6. The quantitative estimate of drug-likeness (QED) is 0.109. The van der Waals surface area contributed by atoms with E-state index in [0.29, 0.717) is 0 Å². The maximum absolute atomic E-state index is 3.70. The summed E-state index contributed by atoms with van der Waals surface area (Å²) >= 11 is -7.05. The molecule has 4 nitrogen and oxygen atoms in total. The Morgan fingerprint density at radius 3 is 0.667 bits per heavy atom. The van der Waals surface area contributed by atoms with E-state index >= 15 is 0 Å². The van der Waals surface area contributed by atoms with E-state index < -0.39 is 31.6 Å². The summed E-state index contributed by atoms with van der Waals surface area (Å²) in [7, 11) is 0. The standard InChI is InChI=1S/C48H34GeN2.C30H19N2.3C6H5.Sn/c1-4-16-35(17-5-1)49(36-18-6-2-7-19-36,37-20-8-3-9-21-37)38-28-30-39(31-29-38)50-47-27-15-12-24-43(47)44-34-40(32-33-48(44)50)51-45-25-13-10-22-41(45)42-23-11-14-26-46(42)51;1-2-10-21(11-3-1)31-29-17-9-6-14-25(29)26-20-22(18-19-30(26)31)32-27-15-7-4-12-23(27)24-13-5-8-16-28(24)32;3*1-2-4-6-5-3-1;/h1-34H;2-20H;3*1-5H;. The van der Waals surface area contributed by atoms with E-state index in [9.17, 15) is 0 Å². The topological polar surface area (TPSA) is 19.7 Å². The Bertz CT molecular complexity index is 5770. The number of hydrogen-bond donors (Lipinski definition) is 0. The molecule has 4 aromatic heterocycles. The third-order valence-corrected chi connectivity index (χ3v) is 45.1. The van der Waals surface area contributed by atoms with Gasteiger partial charge in [-0.2, -0.15) is 0 Å². The summed E-state index contributed by atoms with van der Waals surface area (Å²) in [4.78, 5) is 0. The van der Waals surface area contributed by atoms with E-state index in [0.717, 1.165) is 0 Å². The average Bonchev–Trinajstić information content (AvgIpc) is 1.05. The van der Waals surface area contributed by atoms with Crippen LogP contribution in [0.25, 0.3) is 110 Å². The average molecular weight is 1470 g/mol. The predicted molar refractivity (Wildman–Crippen MR) is 437 cm³/mol. The van der Waals surface area contributed by atoms with Crippen molar-refractivity contribution in [3.8, 4) is 22.7 Å². The first kappa shape index (κ1) is 61.2. The molecule has 6 heteroatoms. The van der Waals surface area contributed by atoms with Crippen molar-refractivity contribution in [2.45, 2.75) is 0 Å². The molecular formula is C96H68GeN4Sn. The molecule has 480 valence electrons. The maximum atomic E-state index is 2.44. The summed E-state index contributed by atoms with van der Waals surface area (Å²) in [5, 5.41) is 10.1. The number of nitrogens with zero attached hydrogens (tertiary/aromatic N) is 4. The van der Waals surface area contributed by atoms with Crippen molar-refractivity contribution in [1.29, 1.82) is 0 Å². The molecule has 0 amide bonds. The molecule has 0 aliphatic heterocycles. The van der Waals surface area contributed by atoms with Crippen LogP contribution in [0, 0.1) is 0 Å². The van der Waals surface area contributed by atoms with Crippen molar-refractivity contribution in [3.05, 3.63) is 413 Å². The molecule has 0 fully saturated rings. The first-order chi connectivity index (χ1) is 50.6. The van der Waals surface area contributed by atoms with Gasteiger partial charge in [0.15, 0.2) is 0 Å². The van der Waals surface area contributed by atoms with Crippen LogP contribution < -0.4 is 31.9 Å². The number of rotatable bonds is 12. The van der Waals surface area contributed by atoms with Crippen LogP contribution in [-0.4, -0.2) is 49.9 Å². The molecule has 16 aromatic carbocycles. The van der Waals surface area contributed by atoms with Gasteiger partial charge in [-0.3, -0.25) is 0 Å². The normalized spacial score (nSPS) is 11.9. The second-order valence-corrected chi connectivity index (χ2v) is 45.5. The third kappa shape index (κ3) is 9.87. The van der Waals surface area contributed by atoms with Gasteiger partial charge in [-0.1, -0.05) is 72.8 Å². The van der Waals surface area contributed by atoms with E-state index in [-0.39, 0.29) is 0 Å². The van der Waals surface area contributed by atoms with E-state index in [4.69, 9.17) is 0 Å². The molecule has 0 saturated heterocycles. The molecular weight excluding hydrogens is 1400 g/mol. The van der Waals surface area contributed by atoms with Gasteiger partial charge in [-0.25, -0.2) is 0 Å². The molecule has 0 aliphatic carbocycles. The fourth-order valence-corrected chi connectivity index (χ4v) is 40.5. The molecule has 0 spiro atoms. The fourth-order valence-electron chi connectivity index (χ4n) is 17.0. The Kier molecular flexibility index (Phi) is 15.4. The summed E-state index contributed by atoms with van der Waals surface area (Å²) in [6.07, 6.45) is 0. The van der Waals surface area contributed by atoms with Gasteiger partial charge in [0.05, 0.1) is 0 Å². The van der Waals surface area contributed by atoms with Gasteiger partial charge < -0.3 is 0 Å². The second kappa shape index (κ2) is 25.7. The van der Waals surface area contributed by atoms with Gasteiger partial charge >= 0.3 is 532 Å². The van der Waals surface area contributed by atoms with Crippen LogP contribution in [0.15, 0.2) is 413 Å². The molecule has 0 atom stereocenters. The number of hydrogen-bond acceptors (Lipinski definition) is 0. The van der Waals surface area contributed by atoms with E-state index in [1.165, 1.54) is 142 Å². The molecule has 102 heavy (non-hydrogen) atoms. The summed E-state index contributed by atoms with van der Waals surface area (Å²) in [6, 6.07) is 153. The van der Waals surface area contributed by atoms with Crippen LogP contribution >= 0.6 is 0 Å². The van der Waals surface area contributed by atoms with Gasteiger partial charge in [-0.05, 0) is 0 Å². The van der Waals surface area contributed by atoms with Crippen molar-refractivity contribution in [3.63, 3.8) is 0 Å². The molecule has 0 radical (unpaired) electrons. The Balaban J connectivity index is 0.000000141. The summed E-state index contributed by atoms with van der Waals surface area (Å²) in [6.45, 7) is 0. The fraction of sp³-hybridized carbons (Fsp3) is 0. The first-order valence-electron chi connectivity index (χ1n) is 35.2. The van der Waals surface area contributed by atoms with Crippen molar-refractivity contribution in [2.24, 2.45) is 0 Å². The van der Waals surface area contributed by atoms with Crippen LogP contribution in [0.1, 0.15) is 0 Å². The van der Waals surface area contributed by atoms with Gasteiger partial charge in [0, 0.05) is 0 Å². The Morgan fingerprint density at radius 2 is 0.363 bits per heavy atom. The van der Waals surface area contributed by atoms with Gasteiger partial charge in [0.25, 0.3) is 0 Å². The zero-order valence-electron chi connectivity index (χ0n) is 56.0. The van der Waals surface area contributed by atoms with Crippen molar-refractivity contribution in [1.82, 2.24) is 18.3 Å². The monoisotopic (exact) mass is 1470 g/mol. The van der Waals surface area contributed by atoms with E-state index in [1.54, 1.807) is 0 Å². The zero-order chi connectivity index (χ0) is 67.6. The van der Waals surface area contributed by atoms with Gasteiger partial charge in [0.2, 0.25) is 0 Å². The van der Waals surface area contributed by atoms with Gasteiger partial charge in [0.1, 0.15) is 0 Å². The van der Waals surface area contributed by atoms with Crippen molar-refractivity contribution < 1.29 is 0 Å². The molecule has 0 saturated carbocycles. The minimum absolute atomic E-state index is 1.17. The number of para-hydroxylation sites is 6. The van der Waals surface area contributed by atoms with Gasteiger partial charge in [-0.15, -0.1) is 0 Å². The van der Waals surface area contributed by atoms with Crippen LogP contribution in [-0.2, 0) is 0 Å². The Morgan fingerprint density at radius 1 is 0.157 bits per heavy atom. The number of benzene rings is 16. The molecule has 0 unspecified atom stereocenters. The molecule has 20 rings (SSSR count). The summed E-state index contributed by atoms with van der Waals surface area (Å²) in [5.41, 5.74) is 14.4. The van der Waals surface area contributed by atoms with Crippen LogP contribution in [0.2, 0.25) is 0 Å². The SMILES string of the molecule is c1cc[c]([Ge]([c]2ccccc2)([c]2ccccc2)[c]2ccc(-n3c4ccccc4c4cc(-n5c6ccccc6c6ccccc65)ccc43)cc2)cc1.c1cc[c]([Sn]([c]2ccccc2)([c]2ccccc2)[c]2ccc(-n3c4ccccc4c4cc(-n5c6ccccc6c6ccccc65)ccc43)cc2)cc1. The van der Waals surface area contributed by atoms with Crippen molar-refractivity contribution in [2.75, 3.05) is 0 Å². The third-order valence-electron chi connectivity index (χ3n) is 21.3. The Labute approximate surface area is 599 Å². The Hall–Kier alpha value is -11.9.